The van der Waals surface area contributed by atoms with Crippen molar-refractivity contribution in [1.82, 2.24) is 0 Å². The molecule has 1 aromatic carbocycles. The number of nitriles is 1. The summed E-state index contributed by atoms with van der Waals surface area (Å²) in [6.07, 6.45) is 0.722. The lowest BCUT2D eigenvalue weighted by molar-refractivity contribution is 0.0980. The Bertz CT molecular complexity index is 642. The van der Waals surface area contributed by atoms with Gasteiger partial charge in [-0.3, -0.25) is 4.79 Å². The van der Waals surface area contributed by atoms with E-state index >= 15 is 0 Å². The fourth-order valence-corrected chi connectivity index (χ4v) is 2.91. The maximum Gasteiger partial charge on any atom is 0.194 e. The maximum atomic E-state index is 13.7. The summed E-state index contributed by atoms with van der Waals surface area (Å²) in [5.74, 6) is -1.92. The van der Waals surface area contributed by atoms with Crippen molar-refractivity contribution >= 4 is 17.1 Å². The third-order valence-corrected chi connectivity index (χ3v) is 3.93. The average molecular weight is 273 g/mol. The molecular formula is C15H12FNOS. The fraction of sp³-hybridized carbons (Fsp3) is 0.200. The van der Waals surface area contributed by atoms with Crippen LogP contribution in [0, 0.1) is 17.1 Å². The Hall–Kier alpha value is -1.99. The first-order valence-corrected chi connectivity index (χ1v) is 6.81. The van der Waals surface area contributed by atoms with Crippen molar-refractivity contribution in [2.75, 3.05) is 0 Å². The standard InChI is InChI=1S/C15H12FNOS/c1-2-10-7-8-19-15(10)14(18)12(9-17)11-5-3-4-6-13(11)16/h3-8,12H,2H2,1H3. The van der Waals surface area contributed by atoms with Crippen molar-refractivity contribution in [3.63, 3.8) is 0 Å². The Kier molecular flexibility index (Phi) is 4.08. The minimum absolute atomic E-state index is 0.144. The van der Waals surface area contributed by atoms with Crippen molar-refractivity contribution in [3.05, 3.63) is 57.5 Å². The Labute approximate surface area is 115 Å². The summed E-state index contributed by atoms with van der Waals surface area (Å²) in [5.41, 5.74) is 1.05. The van der Waals surface area contributed by atoms with Crippen LogP contribution in [0.5, 0.6) is 0 Å². The normalized spacial score (nSPS) is 11.8. The van der Waals surface area contributed by atoms with Gasteiger partial charge in [0.05, 0.1) is 10.9 Å². The molecule has 2 rings (SSSR count). The van der Waals surface area contributed by atoms with Crippen LogP contribution in [0.2, 0.25) is 0 Å². The number of carbonyl (C=O) groups excluding carboxylic acids is 1. The minimum atomic E-state index is -1.08. The van der Waals surface area contributed by atoms with Crippen molar-refractivity contribution < 1.29 is 9.18 Å². The fourth-order valence-electron chi connectivity index (χ4n) is 1.94. The number of hydrogen-bond acceptors (Lipinski definition) is 3. The van der Waals surface area contributed by atoms with E-state index in [4.69, 9.17) is 0 Å². The largest absolute Gasteiger partial charge is 0.291 e. The Morgan fingerprint density at radius 3 is 2.79 bits per heavy atom. The van der Waals surface area contributed by atoms with E-state index in [1.165, 1.54) is 23.5 Å². The van der Waals surface area contributed by atoms with Crippen LogP contribution >= 0.6 is 11.3 Å². The third kappa shape index (κ3) is 2.56. The van der Waals surface area contributed by atoms with Gasteiger partial charge in [0.15, 0.2) is 5.78 Å². The predicted molar refractivity (Wildman–Crippen MR) is 72.8 cm³/mol. The zero-order valence-electron chi connectivity index (χ0n) is 10.4. The Morgan fingerprint density at radius 1 is 1.42 bits per heavy atom. The summed E-state index contributed by atoms with van der Waals surface area (Å²) >= 11 is 1.30. The van der Waals surface area contributed by atoms with Crippen molar-refractivity contribution in [1.29, 1.82) is 5.26 Å². The zero-order valence-corrected chi connectivity index (χ0v) is 11.2. The van der Waals surface area contributed by atoms with E-state index in [9.17, 15) is 14.4 Å². The lowest BCUT2D eigenvalue weighted by Crippen LogP contribution is -2.12. The molecule has 0 saturated heterocycles. The second-order valence-electron chi connectivity index (χ2n) is 4.08. The molecule has 1 unspecified atom stereocenters. The summed E-state index contributed by atoms with van der Waals surface area (Å²) < 4.78 is 13.7. The number of carbonyl (C=O) groups is 1. The van der Waals surface area contributed by atoms with Gasteiger partial charge < -0.3 is 0 Å². The Morgan fingerprint density at radius 2 is 2.16 bits per heavy atom. The molecule has 0 aliphatic carbocycles. The van der Waals surface area contributed by atoms with E-state index in [1.807, 2.05) is 24.4 Å². The molecule has 0 spiro atoms. The molecule has 1 heterocycles. The SMILES string of the molecule is CCc1ccsc1C(=O)C(C#N)c1ccccc1F. The molecule has 0 radical (unpaired) electrons. The first-order chi connectivity index (χ1) is 9.19. The highest BCUT2D eigenvalue weighted by Crippen LogP contribution is 2.27. The second kappa shape index (κ2) is 5.77. The van der Waals surface area contributed by atoms with E-state index < -0.39 is 11.7 Å². The number of ketones is 1. The monoisotopic (exact) mass is 273 g/mol. The zero-order chi connectivity index (χ0) is 13.8. The number of nitrogens with zero attached hydrogens (tertiary/aromatic N) is 1. The summed E-state index contributed by atoms with van der Waals surface area (Å²) in [5, 5.41) is 11.0. The van der Waals surface area contributed by atoms with Gasteiger partial charge in [0, 0.05) is 5.56 Å². The molecule has 96 valence electrons. The van der Waals surface area contributed by atoms with Gasteiger partial charge in [-0.05, 0) is 29.5 Å². The summed E-state index contributed by atoms with van der Waals surface area (Å²) in [4.78, 5) is 12.9. The average Bonchev–Trinajstić information content (AvgIpc) is 2.89. The van der Waals surface area contributed by atoms with Crippen molar-refractivity contribution in [3.8, 4) is 6.07 Å². The van der Waals surface area contributed by atoms with Gasteiger partial charge in [-0.25, -0.2) is 4.39 Å². The quantitative estimate of drug-likeness (QED) is 0.792. The lowest BCUT2D eigenvalue weighted by Gasteiger charge is -2.09. The molecular weight excluding hydrogens is 261 g/mol. The molecule has 2 nitrogen and oxygen atoms in total. The van der Waals surface area contributed by atoms with Crippen LogP contribution in [0.3, 0.4) is 0 Å². The number of hydrogen-bond donors (Lipinski definition) is 0. The minimum Gasteiger partial charge on any atom is -0.291 e. The van der Waals surface area contributed by atoms with Crippen LogP contribution in [0.25, 0.3) is 0 Å². The molecule has 4 heteroatoms. The van der Waals surface area contributed by atoms with Crippen LogP contribution in [0.4, 0.5) is 4.39 Å². The van der Waals surface area contributed by atoms with E-state index in [1.54, 1.807) is 12.1 Å². The van der Waals surface area contributed by atoms with Crippen LogP contribution in [-0.4, -0.2) is 5.78 Å². The highest BCUT2D eigenvalue weighted by Gasteiger charge is 2.26. The van der Waals surface area contributed by atoms with E-state index in [-0.39, 0.29) is 11.3 Å². The molecule has 2 aromatic rings. The van der Waals surface area contributed by atoms with E-state index in [2.05, 4.69) is 0 Å². The van der Waals surface area contributed by atoms with Gasteiger partial charge in [-0.15, -0.1) is 11.3 Å². The summed E-state index contributed by atoms with van der Waals surface area (Å²) in [7, 11) is 0. The summed E-state index contributed by atoms with van der Waals surface area (Å²) in [6, 6.07) is 9.71. The molecule has 0 saturated carbocycles. The van der Waals surface area contributed by atoms with Crippen LogP contribution in [-0.2, 0) is 6.42 Å². The van der Waals surface area contributed by atoms with Crippen molar-refractivity contribution in [2.24, 2.45) is 0 Å². The van der Waals surface area contributed by atoms with Gasteiger partial charge in [0.2, 0.25) is 0 Å². The Balaban J connectivity index is 2.42. The van der Waals surface area contributed by atoms with Crippen LogP contribution in [0.15, 0.2) is 35.7 Å². The summed E-state index contributed by atoms with van der Waals surface area (Å²) in [6.45, 7) is 1.95. The molecule has 1 aromatic heterocycles. The van der Waals surface area contributed by atoms with Crippen LogP contribution in [0.1, 0.15) is 33.6 Å². The highest BCUT2D eigenvalue weighted by atomic mass is 32.1. The third-order valence-electron chi connectivity index (χ3n) is 2.96. The van der Waals surface area contributed by atoms with Crippen molar-refractivity contribution in [2.45, 2.75) is 19.3 Å². The second-order valence-corrected chi connectivity index (χ2v) is 4.99. The molecule has 0 fully saturated rings. The number of rotatable bonds is 4. The predicted octanol–water partition coefficient (Wildman–Crippen LogP) is 3.94. The van der Waals surface area contributed by atoms with Gasteiger partial charge in [0.1, 0.15) is 11.7 Å². The van der Waals surface area contributed by atoms with Gasteiger partial charge in [-0.2, -0.15) is 5.26 Å². The molecule has 19 heavy (non-hydrogen) atoms. The van der Waals surface area contributed by atoms with E-state index in [0.717, 1.165) is 12.0 Å². The lowest BCUT2D eigenvalue weighted by atomic mass is 9.93. The number of halogens is 1. The van der Waals surface area contributed by atoms with Gasteiger partial charge in [0.25, 0.3) is 0 Å². The van der Waals surface area contributed by atoms with Crippen LogP contribution < -0.4 is 0 Å². The first-order valence-electron chi connectivity index (χ1n) is 5.93. The number of Topliss-reactive ketones (excluding diaryl/α,β-unsaturated/α-hetero) is 1. The number of aryl methyl sites for hydroxylation is 1. The smallest absolute Gasteiger partial charge is 0.194 e. The molecule has 0 aliphatic heterocycles. The van der Waals surface area contributed by atoms with Gasteiger partial charge >= 0.3 is 0 Å². The number of benzene rings is 1. The molecule has 1 atom stereocenters. The van der Waals surface area contributed by atoms with E-state index in [0.29, 0.717) is 4.88 Å². The highest BCUT2D eigenvalue weighted by molar-refractivity contribution is 7.12. The first kappa shape index (κ1) is 13.4. The molecule has 0 aliphatic rings. The molecule has 0 N–H and O–H groups in total. The maximum absolute atomic E-state index is 13.7. The molecule has 0 bridgehead atoms. The topological polar surface area (TPSA) is 40.9 Å². The molecule has 0 amide bonds. The van der Waals surface area contributed by atoms with Gasteiger partial charge in [-0.1, -0.05) is 25.1 Å². The number of thiophene rings is 1.